The van der Waals surface area contributed by atoms with Crippen molar-refractivity contribution in [3.8, 4) is 0 Å². The number of allylic oxidation sites excluding steroid dienone is 2. The lowest BCUT2D eigenvalue weighted by atomic mass is 10.1. The van der Waals surface area contributed by atoms with E-state index in [0.717, 1.165) is 25.7 Å². The quantitative estimate of drug-likeness (QED) is 0.193. The molecule has 2 atom stereocenters. The molecule has 0 aliphatic heterocycles. The lowest BCUT2D eigenvalue weighted by Gasteiger charge is -2.13. The van der Waals surface area contributed by atoms with Gasteiger partial charge >= 0.3 is 5.97 Å². The number of hydrogen-bond donors (Lipinski definition) is 2. The van der Waals surface area contributed by atoms with E-state index in [1.54, 1.807) is 0 Å². The van der Waals surface area contributed by atoms with Crippen LogP contribution in [0, 0.1) is 0 Å². The van der Waals surface area contributed by atoms with Crippen molar-refractivity contribution in [3.05, 3.63) is 12.2 Å². The Morgan fingerprint density at radius 1 is 0.958 bits per heavy atom. The van der Waals surface area contributed by atoms with Gasteiger partial charge in [0, 0.05) is 6.42 Å². The minimum Gasteiger partial charge on any atom is -0.430 e. The molecule has 5 nitrogen and oxygen atoms in total. The fraction of sp³-hybridized carbons (Fsp3) is 0.842. The van der Waals surface area contributed by atoms with Gasteiger partial charge in [-0.3, -0.25) is 4.79 Å². The van der Waals surface area contributed by atoms with Crippen LogP contribution in [0.3, 0.4) is 0 Å². The maximum absolute atomic E-state index is 11.4. The molecule has 1 radical (unpaired) electrons. The van der Waals surface area contributed by atoms with Gasteiger partial charge in [0.15, 0.2) is 0 Å². The van der Waals surface area contributed by atoms with Gasteiger partial charge in [-0.1, -0.05) is 57.6 Å². The number of carbonyl (C=O) groups is 1. The summed E-state index contributed by atoms with van der Waals surface area (Å²) < 4.78 is 4.50. The number of carbonyl (C=O) groups excluding carboxylic acids is 1. The molecule has 0 amide bonds. The molecule has 0 fully saturated rings. The predicted octanol–water partition coefficient (Wildman–Crippen LogP) is 3.90. The Balaban J connectivity index is 3.35. The monoisotopic (exact) mass is 343 g/mol. The molecule has 0 aromatic heterocycles. The van der Waals surface area contributed by atoms with E-state index in [9.17, 15) is 9.90 Å². The third kappa shape index (κ3) is 14.7. The second kappa shape index (κ2) is 16.9. The molecule has 0 spiro atoms. The Bertz CT molecular complexity index is 317. The summed E-state index contributed by atoms with van der Waals surface area (Å²) in [4.78, 5) is 11.4. The van der Waals surface area contributed by atoms with Crippen molar-refractivity contribution >= 4 is 5.97 Å². The van der Waals surface area contributed by atoms with Gasteiger partial charge in [0.1, 0.15) is 6.10 Å². The maximum Gasteiger partial charge on any atom is 0.308 e. The molecule has 2 unspecified atom stereocenters. The minimum absolute atomic E-state index is 0.189. The first-order valence-electron chi connectivity index (χ1n) is 9.41. The van der Waals surface area contributed by atoms with Crippen LogP contribution in [0.5, 0.6) is 0 Å². The van der Waals surface area contributed by atoms with Crippen LogP contribution in [0.4, 0.5) is 0 Å². The molecular formula is C19H35O5. The predicted molar refractivity (Wildman–Crippen MR) is 93.9 cm³/mol. The van der Waals surface area contributed by atoms with Crippen LogP contribution < -0.4 is 0 Å². The first-order valence-corrected chi connectivity index (χ1v) is 9.41. The fourth-order valence-corrected chi connectivity index (χ4v) is 2.34. The van der Waals surface area contributed by atoms with Crippen LogP contribution in [-0.4, -0.2) is 35.2 Å². The Kier molecular flexibility index (Phi) is 16.3. The largest absolute Gasteiger partial charge is 0.430 e. The first-order chi connectivity index (χ1) is 11.6. The number of hydrogen-bond acceptors (Lipinski definition) is 4. The zero-order chi connectivity index (χ0) is 18.0. The summed E-state index contributed by atoms with van der Waals surface area (Å²) in [5, 5.41) is 28.7. The van der Waals surface area contributed by atoms with Gasteiger partial charge in [0.25, 0.3) is 6.29 Å². The summed E-state index contributed by atoms with van der Waals surface area (Å²) >= 11 is 0. The maximum atomic E-state index is 11.4. The second-order valence-electron chi connectivity index (χ2n) is 6.24. The number of aliphatic hydroxyl groups is 2. The molecular weight excluding hydrogens is 308 g/mol. The van der Waals surface area contributed by atoms with Gasteiger partial charge in [-0.25, -0.2) is 0 Å². The summed E-state index contributed by atoms with van der Waals surface area (Å²) in [6.07, 6.45) is 13.8. The van der Waals surface area contributed by atoms with Gasteiger partial charge in [-0.2, -0.15) is 5.11 Å². The molecule has 0 aromatic rings. The Hall–Kier alpha value is -0.910. The Morgan fingerprint density at radius 2 is 1.50 bits per heavy atom. The average Bonchev–Trinajstić information content (AvgIpc) is 2.58. The first kappa shape index (κ1) is 23.1. The van der Waals surface area contributed by atoms with E-state index in [2.05, 4.69) is 23.8 Å². The van der Waals surface area contributed by atoms with Crippen molar-refractivity contribution in [3.63, 3.8) is 0 Å². The van der Waals surface area contributed by atoms with Crippen LogP contribution in [0.25, 0.3) is 0 Å². The lowest BCUT2D eigenvalue weighted by molar-refractivity contribution is -0.208. The van der Waals surface area contributed by atoms with E-state index >= 15 is 0 Å². The average molecular weight is 343 g/mol. The highest BCUT2D eigenvalue weighted by molar-refractivity contribution is 5.69. The molecule has 0 heterocycles. The SMILES string of the molecule is CCCCCC/C=C\CCCCCCCC(=O)OC([O])C(O)CO. The van der Waals surface area contributed by atoms with Crippen molar-refractivity contribution in [2.45, 2.75) is 96.4 Å². The Labute approximate surface area is 146 Å². The Morgan fingerprint density at radius 3 is 2.08 bits per heavy atom. The molecule has 24 heavy (non-hydrogen) atoms. The van der Waals surface area contributed by atoms with E-state index in [1.807, 2.05) is 0 Å². The number of rotatable bonds is 16. The number of aliphatic hydroxyl groups excluding tert-OH is 2. The molecule has 2 N–H and O–H groups in total. The number of unbranched alkanes of at least 4 members (excludes halogenated alkanes) is 9. The van der Waals surface area contributed by atoms with Gasteiger partial charge in [0.05, 0.1) is 6.61 Å². The van der Waals surface area contributed by atoms with Crippen LogP contribution in [0.15, 0.2) is 12.2 Å². The molecule has 0 rings (SSSR count). The van der Waals surface area contributed by atoms with Crippen LogP contribution in [0.2, 0.25) is 0 Å². The molecule has 141 valence electrons. The zero-order valence-corrected chi connectivity index (χ0v) is 15.1. The molecule has 0 saturated heterocycles. The van der Waals surface area contributed by atoms with Gasteiger partial charge < -0.3 is 14.9 Å². The normalized spacial score (nSPS) is 14.0. The minimum atomic E-state index is -1.89. The highest BCUT2D eigenvalue weighted by atomic mass is 16.6. The standard InChI is InChI=1S/C19H35O5/c1-2-3-4-5-6-7-8-9-10-11-12-13-14-15-18(22)24-19(23)17(21)16-20/h7-8,17,19-21H,2-6,9-16H2,1H3/b8-7-. The summed E-state index contributed by atoms with van der Waals surface area (Å²) in [6, 6.07) is 0. The molecule has 0 aromatic carbocycles. The molecule has 5 heteroatoms. The number of esters is 1. The zero-order valence-electron chi connectivity index (χ0n) is 15.1. The van der Waals surface area contributed by atoms with Crippen molar-refractivity contribution in [2.75, 3.05) is 6.61 Å². The van der Waals surface area contributed by atoms with Crippen molar-refractivity contribution < 1.29 is 24.9 Å². The van der Waals surface area contributed by atoms with E-state index < -0.39 is 25.0 Å². The van der Waals surface area contributed by atoms with Crippen molar-refractivity contribution in [1.29, 1.82) is 0 Å². The van der Waals surface area contributed by atoms with Gasteiger partial charge in [0.2, 0.25) is 0 Å². The van der Waals surface area contributed by atoms with E-state index in [-0.39, 0.29) is 6.42 Å². The summed E-state index contributed by atoms with van der Waals surface area (Å²) in [5.41, 5.74) is 0. The smallest absolute Gasteiger partial charge is 0.308 e. The number of ether oxygens (including phenoxy) is 1. The lowest BCUT2D eigenvalue weighted by Crippen LogP contribution is -2.32. The van der Waals surface area contributed by atoms with E-state index in [1.165, 1.54) is 38.5 Å². The summed E-state index contributed by atoms with van der Waals surface area (Å²) in [5.74, 6) is -0.603. The van der Waals surface area contributed by atoms with Crippen molar-refractivity contribution in [2.24, 2.45) is 0 Å². The summed E-state index contributed by atoms with van der Waals surface area (Å²) in [7, 11) is 0. The molecule has 0 bridgehead atoms. The van der Waals surface area contributed by atoms with E-state index in [4.69, 9.17) is 10.2 Å². The van der Waals surface area contributed by atoms with Gasteiger partial charge in [-0.15, -0.1) is 0 Å². The second-order valence-corrected chi connectivity index (χ2v) is 6.24. The topological polar surface area (TPSA) is 86.7 Å². The fourth-order valence-electron chi connectivity index (χ4n) is 2.34. The third-order valence-corrected chi connectivity index (χ3v) is 3.89. The molecule has 0 aliphatic rings. The summed E-state index contributed by atoms with van der Waals surface area (Å²) in [6.45, 7) is 1.52. The van der Waals surface area contributed by atoms with Crippen LogP contribution >= 0.6 is 0 Å². The van der Waals surface area contributed by atoms with Crippen molar-refractivity contribution in [1.82, 2.24) is 0 Å². The highest BCUT2D eigenvalue weighted by Crippen LogP contribution is 2.10. The van der Waals surface area contributed by atoms with Crippen LogP contribution in [-0.2, 0) is 14.6 Å². The molecule has 0 aliphatic carbocycles. The molecule has 0 saturated carbocycles. The third-order valence-electron chi connectivity index (χ3n) is 3.89. The van der Waals surface area contributed by atoms with Crippen LogP contribution in [0.1, 0.15) is 84.0 Å². The highest BCUT2D eigenvalue weighted by Gasteiger charge is 2.20. The van der Waals surface area contributed by atoms with Gasteiger partial charge in [-0.05, 0) is 32.1 Å². The van der Waals surface area contributed by atoms with E-state index in [0.29, 0.717) is 6.42 Å².